The van der Waals surface area contributed by atoms with Gasteiger partial charge in [0.05, 0.1) is 19.8 Å². The van der Waals surface area contributed by atoms with Gasteiger partial charge in [0.15, 0.2) is 0 Å². The Labute approximate surface area is 110 Å². The van der Waals surface area contributed by atoms with Crippen LogP contribution in [0.15, 0.2) is 0 Å². The molecule has 4 nitrogen and oxygen atoms in total. The monoisotopic (exact) mass is 254 g/mol. The van der Waals surface area contributed by atoms with E-state index in [1.165, 1.54) is 19.3 Å². The van der Waals surface area contributed by atoms with Crippen LogP contribution in [0.4, 0.5) is 0 Å². The van der Waals surface area contributed by atoms with Crippen molar-refractivity contribution in [3.8, 4) is 0 Å². The Hall–Kier alpha value is -0.610. The molecular weight excluding hydrogens is 228 g/mol. The van der Waals surface area contributed by atoms with Crippen molar-refractivity contribution in [1.82, 2.24) is 9.80 Å². The van der Waals surface area contributed by atoms with E-state index < -0.39 is 0 Å². The highest BCUT2D eigenvalue weighted by atomic mass is 16.5. The molecule has 1 aliphatic carbocycles. The third kappa shape index (κ3) is 3.95. The lowest BCUT2D eigenvalue weighted by Gasteiger charge is -2.29. The van der Waals surface area contributed by atoms with Crippen molar-refractivity contribution in [2.24, 2.45) is 11.8 Å². The van der Waals surface area contributed by atoms with Gasteiger partial charge < -0.3 is 9.64 Å². The molecule has 104 valence electrons. The van der Waals surface area contributed by atoms with E-state index in [2.05, 4.69) is 18.9 Å². The van der Waals surface area contributed by atoms with Crippen LogP contribution in [0.2, 0.25) is 0 Å². The lowest BCUT2D eigenvalue weighted by atomic mass is 10.1. The van der Waals surface area contributed by atoms with Crippen LogP contribution < -0.4 is 0 Å². The van der Waals surface area contributed by atoms with Crippen LogP contribution in [-0.2, 0) is 9.53 Å². The molecule has 2 rings (SSSR count). The molecule has 18 heavy (non-hydrogen) atoms. The SMILES string of the molecule is CC1CCC(CN(C)CC(=O)N2CCOCC2)C1. The molecule has 0 radical (unpaired) electrons. The standard InChI is InChI=1S/C14H26N2O2/c1-12-3-4-13(9-12)10-15(2)11-14(17)16-5-7-18-8-6-16/h12-13H,3-11H2,1-2H3. The summed E-state index contributed by atoms with van der Waals surface area (Å²) in [7, 11) is 2.07. The summed E-state index contributed by atoms with van der Waals surface area (Å²) in [5, 5.41) is 0. The molecule has 2 aliphatic rings. The van der Waals surface area contributed by atoms with Crippen LogP contribution in [0.1, 0.15) is 26.2 Å². The third-order valence-corrected chi connectivity index (χ3v) is 4.14. The Balaban J connectivity index is 1.69. The average Bonchev–Trinajstić information content (AvgIpc) is 2.75. The van der Waals surface area contributed by atoms with Gasteiger partial charge in [-0.1, -0.05) is 13.3 Å². The summed E-state index contributed by atoms with van der Waals surface area (Å²) in [5.41, 5.74) is 0. The number of amides is 1. The average molecular weight is 254 g/mol. The van der Waals surface area contributed by atoms with Gasteiger partial charge in [-0.3, -0.25) is 9.69 Å². The van der Waals surface area contributed by atoms with Crippen LogP contribution in [0.3, 0.4) is 0 Å². The zero-order valence-corrected chi connectivity index (χ0v) is 11.7. The minimum Gasteiger partial charge on any atom is -0.378 e. The number of carbonyl (C=O) groups is 1. The van der Waals surface area contributed by atoms with Gasteiger partial charge in [0.25, 0.3) is 0 Å². The number of carbonyl (C=O) groups excluding carboxylic acids is 1. The molecule has 0 N–H and O–H groups in total. The number of ether oxygens (including phenoxy) is 1. The van der Waals surface area contributed by atoms with Crippen molar-refractivity contribution in [3.63, 3.8) is 0 Å². The van der Waals surface area contributed by atoms with E-state index in [0.717, 1.165) is 31.5 Å². The normalized spacial score (nSPS) is 28.9. The Bertz CT molecular complexity index is 277. The largest absolute Gasteiger partial charge is 0.378 e. The highest BCUT2D eigenvalue weighted by molar-refractivity contribution is 5.78. The Morgan fingerprint density at radius 1 is 1.33 bits per heavy atom. The lowest BCUT2D eigenvalue weighted by molar-refractivity contribution is -0.136. The summed E-state index contributed by atoms with van der Waals surface area (Å²) in [5.74, 6) is 1.92. The van der Waals surface area contributed by atoms with Crippen LogP contribution in [-0.4, -0.2) is 62.1 Å². The van der Waals surface area contributed by atoms with Crippen molar-refractivity contribution in [2.45, 2.75) is 26.2 Å². The second-order valence-corrected chi connectivity index (χ2v) is 5.97. The molecule has 0 aromatic heterocycles. The number of nitrogens with zero attached hydrogens (tertiary/aromatic N) is 2. The molecule has 2 unspecified atom stereocenters. The zero-order valence-electron chi connectivity index (χ0n) is 11.7. The molecular formula is C14H26N2O2. The van der Waals surface area contributed by atoms with E-state index in [1.54, 1.807) is 0 Å². The fourth-order valence-electron chi connectivity index (χ4n) is 3.14. The molecule has 4 heteroatoms. The fraction of sp³-hybridized carbons (Fsp3) is 0.929. The highest BCUT2D eigenvalue weighted by Crippen LogP contribution is 2.30. The van der Waals surface area contributed by atoms with E-state index in [9.17, 15) is 4.79 Å². The Kier molecular flexibility index (Phi) is 5.01. The summed E-state index contributed by atoms with van der Waals surface area (Å²) in [4.78, 5) is 16.2. The summed E-state index contributed by atoms with van der Waals surface area (Å²) in [6, 6.07) is 0. The van der Waals surface area contributed by atoms with Gasteiger partial charge in [0.2, 0.25) is 5.91 Å². The van der Waals surface area contributed by atoms with Crippen molar-refractivity contribution < 1.29 is 9.53 Å². The number of morpholine rings is 1. The third-order valence-electron chi connectivity index (χ3n) is 4.14. The molecule has 0 aromatic carbocycles. The van der Waals surface area contributed by atoms with Gasteiger partial charge in [-0.05, 0) is 31.7 Å². The van der Waals surface area contributed by atoms with E-state index >= 15 is 0 Å². The van der Waals surface area contributed by atoms with Crippen LogP contribution in [0, 0.1) is 11.8 Å². The maximum absolute atomic E-state index is 12.1. The molecule has 1 heterocycles. The fourth-order valence-corrected chi connectivity index (χ4v) is 3.14. The van der Waals surface area contributed by atoms with E-state index in [0.29, 0.717) is 19.8 Å². The molecule has 0 aromatic rings. The first-order chi connectivity index (χ1) is 8.65. The first kappa shape index (κ1) is 13.8. The number of hydrogen-bond donors (Lipinski definition) is 0. The van der Waals surface area contributed by atoms with Gasteiger partial charge in [0, 0.05) is 19.6 Å². The second-order valence-electron chi connectivity index (χ2n) is 5.97. The number of hydrogen-bond acceptors (Lipinski definition) is 3. The summed E-state index contributed by atoms with van der Waals surface area (Å²) in [6.45, 7) is 6.86. The van der Waals surface area contributed by atoms with E-state index in [-0.39, 0.29) is 5.91 Å². The molecule has 0 bridgehead atoms. The Morgan fingerprint density at radius 2 is 2.06 bits per heavy atom. The first-order valence-corrected chi connectivity index (χ1v) is 7.19. The van der Waals surface area contributed by atoms with E-state index in [1.807, 2.05) is 4.90 Å². The van der Waals surface area contributed by atoms with Crippen LogP contribution in [0.25, 0.3) is 0 Å². The lowest BCUT2D eigenvalue weighted by Crippen LogP contribution is -2.45. The van der Waals surface area contributed by atoms with Gasteiger partial charge in [-0.15, -0.1) is 0 Å². The predicted octanol–water partition coefficient (Wildman–Crippen LogP) is 1.21. The highest BCUT2D eigenvalue weighted by Gasteiger charge is 2.24. The zero-order chi connectivity index (χ0) is 13.0. The maximum Gasteiger partial charge on any atom is 0.236 e. The smallest absolute Gasteiger partial charge is 0.236 e. The minimum atomic E-state index is 0.256. The minimum absolute atomic E-state index is 0.256. The topological polar surface area (TPSA) is 32.8 Å². The maximum atomic E-state index is 12.1. The van der Waals surface area contributed by atoms with Crippen LogP contribution in [0.5, 0.6) is 0 Å². The second kappa shape index (κ2) is 6.53. The van der Waals surface area contributed by atoms with Crippen LogP contribution >= 0.6 is 0 Å². The van der Waals surface area contributed by atoms with Crippen molar-refractivity contribution in [1.29, 1.82) is 0 Å². The number of rotatable bonds is 4. The van der Waals surface area contributed by atoms with Crippen molar-refractivity contribution in [2.75, 3.05) is 46.4 Å². The molecule has 1 amide bonds. The summed E-state index contributed by atoms with van der Waals surface area (Å²) >= 11 is 0. The first-order valence-electron chi connectivity index (χ1n) is 7.19. The number of likely N-dealkylation sites (N-methyl/N-ethyl adjacent to an activating group) is 1. The summed E-state index contributed by atoms with van der Waals surface area (Å²) in [6.07, 6.45) is 4.02. The van der Waals surface area contributed by atoms with Crippen molar-refractivity contribution >= 4 is 5.91 Å². The molecule has 2 fully saturated rings. The predicted molar refractivity (Wildman–Crippen MR) is 71.4 cm³/mol. The summed E-state index contributed by atoms with van der Waals surface area (Å²) < 4.78 is 5.27. The van der Waals surface area contributed by atoms with Gasteiger partial charge in [0.1, 0.15) is 0 Å². The molecule has 2 atom stereocenters. The van der Waals surface area contributed by atoms with Gasteiger partial charge in [-0.2, -0.15) is 0 Å². The molecule has 1 saturated carbocycles. The van der Waals surface area contributed by atoms with E-state index in [4.69, 9.17) is 4.74 Å². The van der Waals surface area contributed by atoms with Gasteiger partial charge in [-0.25, -0.2) is 0 Å². The molecule has 1 saturated heterocycles. The molecule has 0 spiro atoms. The molecule has 1 aliphatic heterocycles. The van der Waals surface area contributed by atoms with Gasteiger partial charge >= 0.3 is 0 Å². The Morgan fingerprint density at radius 3 is 2.67 bits per heavy atom. The quantitative estimate of drug-likeness (QED) is 0.756. The van der Waals surface area contributed by atoms with Crippen molar-refractivity contribution in [3.05, 3.63) is 0 Å².